The first-order valence-corrected chi connectivity index (χ1v) is 8.51. The van der Waals surface area contributed by atoms with E-state index in [-0.39, 0.29) is 17.7 Å². The molecule has 0 saturated carbocycles. The zero-order valence-electron chi connectivity index (χ0n) is 15.7. The van der Waals surface area contributed by atoms with Crippen molar-refractivity contribution in [2.45, 2.75) is 32.6 Å². The van der Waals surface area contributed by atoms with Gasteiger partial charge in [0.2, 0.25) is 5.91 Å². The molecule has 0 atom stereocenters. The number of hydrogen-bond donors (Lipinski definition) is 1. The second-order valence-electron chi connectivity index (χ2n) is 6.99. The molecule has 0 radical (unpaired) electrons. The van der Waals surface area contributed by atoms with Crippen LogP contribution in [0.25, 0.3) is 0 Å². The van der Waals surface area contributed by atoms with Crippen LogP contribution in [0.2, 0.25) is 0 Å². The van der Waals surface area contributed by atoms with E-state index in [9.17, 15) is 9.59 Å². The van der Waals surface area contributed by atoms with Gasteiger partial charge >= 0.3 is 5.97 Å². The molecule has 5 heteroatoms. The fourth-order valence-corrected chi connectivity index (χ4v) is 2.34. The smallest absolute Gasteiger partial charge is 0.337 e. The summed E-state index contributed by atoms with van der Waals surface area (Å²) >= 11 is 0. The summed E-state index contributed by atoms with van der Waals surface area (Å²) in [7, 11) is 1.33. The molecule has 1 N–H and O–H groups in total. The number of amides is 1. The van der Waals surface area contributed by atoms with Crippen molar-refractivity contribution >= 4 is 17.6 Å². The normalized spacial score (nSPS) is 10.9. The maximum atomic E-state index is 12.0. The second kappa shape index (κ2) is 8.52. The Morgan fingerprint density at radius 3 is 2.12 bits per heavy atom. The highest BCUT2D eigenvalue weighted by Gasteiger charge is 2.13. The van der Waals surface area contributed by atoms with Crippen molar-refractivity contribution in [3.63, 3.8) is 0 Å². The first-order chi connectivity index (χ1) is 12.3. The van der Waals surface area contributed by atoms with Crippen LogP contribution >= 0.6 is 0 Å². The van der Waals surface area contributed by atoms with Crippen molar-refractivity contribution in [1.29, 1.82) is 0 Å². The number of ether oxygens (including phenoxy) is 2. The highest BCUT2D eigenvalue weighted by atomic mass is 16.5. The van der Waals surface area contributed by atoms with Gasteiger partial charge < -0.3 is 14.8 Å². The largest absolute Gasteiger partial charge is 0.493 e. The first-order valence-electron chi connectivity index (χ1n) is 8.51. The van der Waals surface area contributed by atoms with E-state index in [2.05, 4.69) is 30.8 Å². The number of anilines is 1. The van der Waals surface area contributed by atoms with Gasteiger partial charge in [-0.15, -0.1) is 0 Å². The van der Waals surface area contributed by atoms with Crippen molar-refractivity contribution in [2.75, 3.05) is 19.0 Å². The van der Waals surface area contributed by atoms with Crippen LogP contribution in [-0.2, 0) is 14.9 Å². The molecule has 2 aromatic rings. The molecule has 138 valence electrons. The number of carbonyl (C=O) groups is 2. The Balaban J connectivity index is 1.79. The van der Waals surface area contributed by atoms with Crippen molar-refractivity contribution in [2.24, 2.45) is 0 Å². The lowest BCUT2D eigenvalue weighted by Gasteiger charge is -2.19. The second-order valence-corrected chi connectivity index (χ2v) is 6.99. The van der Waals surface area contributed by atoms with E-state index in [0.29, 0.717) is 17.9 Å². The molecule has 5 nitrogen and oxygen atoms in total. The summed E-state index contributed by atoms with van der Waals surface area (Å²) in [5.74, 6) is 0.184. The third kappa shape index (κ3) is 5.62. The van der Waals surface area contributed by atoms with Crippen LogP contribution in [-0.4, -0.2) is 25.6 Å². The SMILES string of the molecule is COC(=O)c1ccc(NC(=O)CCOc2ccc(C(C)(C)C)cc2)cc1. The van der Waals surface area contributed by atoms with Crippen molar-refractivity contribution < 1.29 is 19.1 Å². The third-order valence-electron chi connectivity index (χ3n) is 3.91. The van der Waals surface area contributed by atoms with Crippen LogP contribution in [0.3, 0.4) is 0 Å². The summed E-state index contributed by atoms with van der Waals surface area (Å²) in [4.78, 5) is 23.4. The molecule has 1 amide bonds. The fraction of sp³-hybridized carbons (Fsp3) is 0.333. The van der Waals surface area contributed by atoms with E-state index >= 15 is 0 Å². The Labute approximate surface area is 154 Å². The van der Waals surface area contributed by atoms with Crippen LogP contribution in [0.5, 0.6) is 5.75 Å². The summed E-state index contributed by atoms with van der Waals surface area (Å²) in [6.07, 6.45) is 0.236. The average molecular weight is 355 g/mol. The maximum Gasteiger partial charge on any atom is 0.337 e. The van der Waals surface area contributed by atoms with Gasteiger partial charge in [-0.05, 0) is 47.4 Å². The number of benzene rings is 2. The fourth-order valence-electron chi connectivity index (χ4n) is 2.34. The molecular formula is C21H25NO4. The van der Waals surface area contributed by atoms with Gasteiger partial charge in [0.1, 0.15) is 5.75 Å². The zero-order chi connectivity index (χ0) is 19.2. The topological polar surface area (TPSA) is 64.6 Å². The zero-order valence-corrected chi connectivity index (χ0v) is 15.7. The number of methoxy groups -OCH3 is 1. The number of rotatable bonds is 6. The van der Waals surface area contributed by atoms with Crippen LogP contribution in [0.1, 0.15) is 43.1 Å². The summed E-state index contributed by atoms with van der Waals surface area (Å²) in [5, 5.41) is 2.77. The minimum absolute atomic E-state index is 0.0990. The molecule has 0 spiro atoms. The molecule has 0 heterocycles. The number of esters is 1. The molecule has 0 aromatic heterocycles. The van der Waals surface area contributed by atoms with Gasteiger partial charge in [0.15, 0.2) is 0 Å². The van der Waals surface area contributed by atoms with Gasteiger partial charge in [-0.3, -0.25) is 4.79 Å². The first kappa shape index (κ1) is 19.5. The van der Waals surface area contributed by atoms with Crippen LogP contribution in [0.4, 0.5) is 5.69 Å². The molecule has 2 rings (SSSR count). The van der Waals surface area contributed by atoms with Crippen LogP contribution in [0, 0.1) is 0 Å². The summed E-state index contributed by atoms with van der Waals surface area (Å²) < 4.78 is 10.3. The Bertz CT molecular complexity index is 743. The van der Waals surface area contributed by atoms with Gasteiger partial charge in [0.05, 0.1) is 25.7 Å². The van der Waals surface area contributed by atoms with E-state index < -0.39 is 5.97 Å². The van der Waals surface area contributed by atoms with E-state index in [1.165, 1.54) is 12.7 Å². The Morgan fingerprint density at radius 1 is 0.962 bits per heavy atom. The summed E-state index contributed by atoms with van der Waals surface area (Å²) in [6, 6.07) is 14.5. The molecule has 0 fully saturated rings. The van der Waals surface area contributed by atoms with E-state index in [1.54, 1.807) is 24.3 Å². The molecule has 2 aromatic carbocycles. The number of nitrogens with one attached hydrogen (secondary N) is 1. The molecule has 0 aliphatic heterocycles. The van der Waals surface area contributed by atoms with Gasteiger partial charge in [-0.1, -0.05) is 32.9 Å². The lowest BCUT2D eigenvalue weighted by Crippen LogP contribution is -2.15. The highest BCUT2D eigenvalue weighted by Crippen LogP contribution is 2.24. The lowest BCUT2D eigenvalue weighted by molar-refractivity contribution is -0.116. The van der Waals surface area contributed by atoms with Crippen LogP contribution < -0.4 is 10.1 Å². The highest BCUT2D eigenvalue weighted by molar-refractivity contribution is 5.93. The molecule has 0 unspecified atom stereocenters. The molecule has 0 saturated heterocycles. The van der Waals surface area contributed by atoms with Gasteiger partial charge in [-0.25, -0.2) is 4.79 Å². The van der Waals surface area contributed by atoms with Crippen molar-refractivity contribution in [3.05, 3.63) is 59.7 Å². The van der Waals surface area contributed by atoms with Crippen molar-refractivity contribution in [3.8, 4) is 5.75 Å². The van der Waals surface area contributed by atoms with Gasteiger partial charge in [-0.2, -0.15) is 0 Å². The van der Waals surface area contributed by atoms with Crippen molar-refractivity contribution in [1.82, 2.24) is 0 Å². The lowest BCUT2D eigenvalue weighted by atomic mass is 9.87. The van der Waals surface area contributed by atoms with E-state index in [0.717, 1.165) is 5.75 Å². The quantitative estimate of drug-likeness (QED) is 0.790. The van der Waals surface area contributed by atoms with E-state index in [1.807, 2.05) is 24.3 Å². The van der Waals surface area contributed by atoms with Crippen LogP contribution in [0.15, 0.2) is 48.5 Å². The number of carbonyl (C=O) groups excluding carboxylic acids is 2. The third-order valence-corrected chi connectivity index (χ3v) is 3.91. The Kier molecular flexibility index (Phi) is 6.39. The Hall–Kier alpha value is -2.82. The molecule has 0 bridgehead atoms. The van der Waals surface area contributed by atoms with Gasteiger partial charge in [0.25, 0.3) is 0 Å². The minimum atomic E-state index is -0.409. The summed E-state index contributed by atoms with van der Waals surface area (Å²) in [6.45, 7) is 6.77. The maximum absolute atomic E-state index is 12.0. The predicted octanol–water partition coefficient (Wildman–Crippen LogP) is 4.18. The Morgan fingerprint density at radius 2 is 1.58 bits per heavy atom. The monoisotopic (exact) mass is 355 g/mol. The van der Waals surface area contributed by atoms with Gasteiger partial charge in [0, 0.05) is 5.69 Å². The standard InChI is InChI=1S/C21H25NO4/c1-21(2,3)16-7-11-18(12-8-16)26-14-13-19(23)22-17-9-5-15(6-10-17)20(24)25-4/h5-12H,13-14H2,1-4H3,(H,22,23). The summed E-state index contributed by atoms with van der Waals surface area (Å²) in [5.41, 5.74) is 2.39. The molecule has 0 aliphatic rings. The molecule has 0 aliphatic carbocycles. The minimum Gasteiger partial charge on any atom is -0.493 e. The molecular weight excluding hydrogens is 330 g/mol. The number of hydrogen-bond acceptors (Lipinski definition) is 4. The molecule has 26 heavy (non-hydrogen) atoms. The predicted molar refractivity (Wildman–Crippen MR) is 102 cm³/mol. The average Bonchev–Trinajstić information content (AvgIpc) is 2.61. The van der Waals surface area contributed by atoms with E-state index in [4.69, 9.17) is 4.74 Å².